The molecule has 0 atom stereocenters. The zero-order chi connectivity index (χ0) is 13.7. The summed E-state index contributed by atoms with van der Waals surface area (Å²) in [5.41, 5.74) is 1.27. The van der Waals surface area contributed by atoms with Crippen LogP contribution in [0.3, 0.4) is 0 Å². The molecule has 0 unspecified atom stereocenters. The first-order chi connectivity index (χ1) is 9.19. The summed E-state index contributed by atoms with van der Waals surface area (Å²) in [5, 5.41) is 3.64. The number of esters is 1. The minimum Gasteiger partial charge on any atom is -0.486 e. The van der Waals surface area contributed by atoms with Crippen molar-refractivity contribution in [1.29, 1.82) is 0 Å². The standard InChI is InChI=1S/C14H15NO4/c1-3-17-14(16)13-8-12(19-15-13)9-18-11-6-4-5-10(2)7-11/h4-8H,3,9H2,1-2H3. The lowest BCUT2D eigenvalue weighted by molar-refractivity contribution is 0.0514. The third-order valence-corrected chi connectivity index (χ3v) is 2.41. The van der Waals surface area contributed by atoms with Gasteiger partial charge in [-0.3, -0.25) is 0 Å². The van der Waals surface area contributed by atoms with Crippen LogP contribution in [0.5, 0.6) is 5.75 Å². The largest absolute Gasteiger partial charge is 0.486 e. The van der Waals surface area contributed by atoms with E-state index in [9.17, 15) is 4.79 Å². The Balaban J connectivity index is 1.95. The van der Waals surface area contributed by atoms with Crippen molar-refractivity contribution in [3.8, 4) is 5.75 Å². The quantitative estimate of drug-likeness (QED) is 0.774. The fourth-order valence-electron chi connectivity index (χ4n) is 1.54. The highest BCUT2D eigenvalue weighted by Gasteiger charge is 2.13. The van der Waals surface area contributed by atoms with Gasteiger partial charge in [0.05, 0.1) is 6.61 Å². The first kappa shape index (κ1) is 13.1. The lowest BCUT2D eigenvalue weighted by Gasteiger charge is -2.03. The summed E-state index contributed by atoms with van der Waals surface area (Å²) >= 11 is 0. The fraction of sp³-hybridized carbons (Fsp3) is 0.286. The van der Waals surface area contributed by atoms with E-state index < -0.39 is 5.97 Å². The zero-order valence-electron chi connectivity index (χ0n) is 10.9. The molecule has 0 saturated carbocycles. The summed E-state index contributed by atoms with van der Waals surface area (Å²) in [6, 6.07) is 9.20. The van der Waals surface area contributed by atoms with Crippen LogP contribution in [0, 0.1) is 6.92 Å². The molecule has 0 amide bonds. The van der Waals surface area contributed by atoms with Gasteiger partial charge in [0.15, 0.2) is 11.5 Å². The molecule has 0 bridgehead atoms. The van der Waals surface area contributed by atoms with Crippen LogP contribution in [0.4, 0.5) is 0 Å². The van der Waals surface area contributed by atoms with Crippen LogP contribution in [-0.2, 0) is 11.3 Å². The first-order valence-corrected chi connectivity index (χ1v) is 6.01. The Bertz CT molecular complexity index is 562. The Morgan fingerprint density at radius 3 is 2.95 bits per heavy atom. The number of rotatable bonds is 5. The number of carbonyl (C=O) groups is 1. The van der Waals surface area contributed by atoms with Gasteiger partial charge in [-0.15, -0.1) is 0 Å². The molecule has 0 spiro atoms. The predicted octanol–water partition coefficient (Wildman–Crippen LogP) is 2.74. The van der Waals surface area contributed by atoms with Crippen LogP contribution in [0.2, 0.25) is 0 Å². The van der Waals surface area contributed by atoms with Gasteiger partial charge in [0.1, 0.15) is 12.4 Å². The number of nitrogens with zero attached hydrogens (tertiary/aromatic N) is 1. The Labute approximate surface area is 111 Å². The molecule has 5 heteroatoms. The van der Waals surface area contributed by atoms with E-state index in [1.54, 1.807) is 6.92 Å². The molecule has 1 aromatic carbocycles. The van der Waals surface area contributed by atoms with Crippen molar-refractivity contribution in [1.82, 2.24) is 5.16 Å². The maximum atomic E-state index is 11.4. The van der Waals surface area contributed by atoms with Gasteiger partial charge >= 0.3 is 5.97 Å². The van der Waals surface area contributed by atoms with Gasteiger partial charge < -0.3 is 14.0 Å². The summed E-state index contributed by atoms with van der Waals surface area (Å²) in [6.45, 7) is 4.25. The Morgan fingerprint density at radius 1 is 1.37 bits per heavy atom. The van der Waals surface area contributed by atoms with E-state index in [4.69, 9.17) is 14.0 Å². The first-order valence-electron chi connectivity index (χ1n) is 6.01. The molecule has 1 heterocycles. The maximum absolute atomic E-state index is 11.4. The van der Waals surface area contributed by atoms with Crippen LogP contribution < -0.4 is 4.74 Å². The third kappa shape index (κ3) is 3.58. The Hall–Kier alpha value is -2.30. The van der Waals surface area contributed by atoms with Crippen molar-refractivity contribution in [3.63, 3.8) is 0 Å². The topological polar surface area (TPSA) is 61.6 Å². The van der Waals surface area contributed by atoms with Crippen LogP contribution in [0.1, 0.15) is 28.7 Å². The molecule has 100 valence electrons. The van der Waals surface area contributed by atoms with Gasteiger partial charge in [-0.2, -0.15) is 0 Å². The molecule has 0 fully saturated rings. The molecule has 19 heavy (non-hydrogen) atoms. The number of aryl methyl sites for hydroxylation is 1. The van der Waals surface area contributed by atoms with Crippen molar-refractivity contribution in [2.45, 2.75) is 20.5 Å². The molecule has 0 N–H and O–H groups in total. The number of hydrogen-bond donors (Lipinski definition) is 0. The Morgan fingerprint density at radius 2 is 2.21 bits per heavy atom. The highest BCUT2D eigenvalue weighted by Crippen LogP contribution is 2.15. The SMILES string of the molecule is CCOC(=O)c1cc(COc2cccc(C)c2)on1. The molecular formula is C14H15NO4. The van der Waals surface area contributed by atoms with E-state index >= 15 is 0 Å². The summed E-state index contributed by atoms with van der Waals surface area (Å²) in [6.07, 6.45) is 0. The summed E-state index contributed by atoms with van der Waals surface area (Å²) < 4.78 is 15.4. The Kier molecular flexibility index (Phi) is 4.18. The minimum atomic E-state index is -0.493. The molecule has 2 rings (SSSR count). The summed E-state index contributed by atoms with van der Waals surface area (Å²) in [5.74, 6) is 0.728. The number of carbonyl (C=O) groups excluding carboxylic acids is 1. The van der Waals surface area contributed by atoms with Gasteiger partial charge in [-0.25, -0.2) is 4.79 Å². The van der Waals surface area contributed by atoms with Crippen LogP contribution >= 0.6 is 0 Å². The average Bonchev–Trinajstić information content (AvgIpc) is 2.86. The van der Waals surface area contributed by atoms with E-state index in [-0.39, 0.29) is 12.3 Å². The van der Waals surface area contributed by atoms with E-state index in [1.165, 1.54) is 6.07 Å². The molecule has 0 aliphatic heterocycles. The maximum Gasteiger partial charge on any atom is 0.360 e. The van der Waals surface area contributed by atoms with Crippen LogP contribution in [0.25, 0.3) is 0 Å². The molecule has 2 aromatic rings. The summed E-state index contributed by atoms with van der Waals surface area (Å²) in [7, 11) is 0. The van der Waals surface area contributed by atoms with Gasteiger partial charge in [-0.05, 0) is 31.5 Å². The molecule has 5 nitrogen and oxygen atoms in total. The van der Waals surface area contributed by atoms with E-state index in [0.717, 1.165) is 11.3 Å². The van der Waals surface area contributed by atoms with Crippen molar-refractivity contribution >= 4 is 5.97 Å². The minimum absolute atomic E-state index is 0.157. The van der Waals surface area contributed by atoms with E-state index in [2.05, 4.69) is 5.16 Å². The van der Waals surface area contributed by atoms with Crippen molar-refractivity contribution in [2.24, 2.45) is 0 Å². The van der Waals surface area contributed by atoms with Crippen molar-refractivity contribution in [3.05, 3.63) is 47.3 Å². The molecule has 0 radical (unpaired) electrons. The molecule has 0 aliphatic carbocycles. The van der Waals surface area contributed by atoms with Gasteiger partial charge in [0, 0.05) is 6.07 Å². The van der Waals surface area contributed by atoms with E-state index in [0.29, 0.717) is 12.4 Å². The normalized spacial score (nSPS) is 10.2. The van der Waals surface area contributed by atoms with Gasteiger partial charge in [0.2, 0.25) is 0 Å². The molecule has 0 aliphatic rings. The zero-order valence-corrected chi connectivity index (χ0v) is 10.9. The number of aromatic nitrogens is 1. The average molecular weight is 261 g/mol. The second kappa shape index (κ2) is 6.04. The number of hydrogen-bond acceptors (Lipinski definition) is 5. The van der Waals surface area contributed by atoms with Crippen LogP contribution in [0.15, 0.2) is 34.9 Å². The highest BCUT2D eigenvalue weighted by molar-refractivity contribution is 5.87. The lowest BCUT2D eigenvalue weighted by atomic mass is 10.2. The molecular weight excluding hydrogens is 246 g/mol. The smallest absolute Gasteiger partial charge is 0.360 e. The summed E-state index contributed by atoms with van der Waals surface area (Å²) in [4.78, 5) is 11.4. The molecule has 0 saturated heterocycles. The van der Waals surface area contributed by atoms with E-state index in [1.807, 2.05) is 31.2 Å². The number of benzene rings is 1. The number of ether oxygens (including phenoxy) is 2. The van der Waals surface area contributed by atoms with Crippen molar-refractivity contribution in [2.75, 3.05) is 6.61 Å². The monoisotopic (exact) mass is 261 g/mol. The van der Waals surface area contributed by atoms with Crippen molar-refractivity contribution < 1.29 is 18.8 Å². The second-order valence-electron chi connectivity index (χ2n) is 4.00. The van der Waals surface area contributed by atoms with Gasteiger partial charge in [-0.1, -0.05) is 17.3 Å². The predicted molar refractivity (Wildman–Crippen MR) is 68.0 cm³/mol. The van der Waals surface area contributed by atoms with Crippen LogP contribution in [-0.4, -0.2) is 17.7 Å². The fourth-order valence-corrected chi connectivity index (χ4v) is 1.54. The lowest BCUT2D eigenvalue weighted by Crippen LogP contribution is -2.04. The highest BCUT2D eigenvalue weighted by atomic mass is 16.5. The third-order valence-electron chi connectivity index (χ3n) is 2.41. The molecule has 1 aromatic heterocycles. The van der Waals surface area contributed by atoms with Gasteiger partial charge in [0.25, 0.3) is 0 Å². The second-order valence-corrected chi connectivity index (χ2v) is 4.00.